The Bertz CT molecular complexity index is 295. The fourth-order valence-corrected chi connectivity index (χ4v) is 2.94. The molecule has 0 spiro atoms. The Morgan fingerprint density at radius 1 is 1.25 bits per heavy atom. The fourth-order valence-electron chi connectivity index (χ4n) is 2.94. The van der Waals surface area contributed by atoms with Crippen LogP contribution in [-0.2, 0) is 4.79 Å². The molecule has 1 heterocycles. The monoisotopic (exact) mass is 283 g/mol. The molecule has 3 atom stereocenters. The molecule has 4 nitrogen and oxygen atoms in total. The van der Waals surface area contributed by atoms with Gasteiger partial charge in [-0.1, -0.05) is 41.0 Å². The second kappa shape index (κ2) is 8.63. The predicted octanol–water partition coefficient (Wildman–Crippen LogP) is 2.30. The molecule has 1 amide bonds. The number of hydrogen-bond acceptors (Lipinski definition) is 3. The van der Waals surface area contributed by atoms with E-state index < -0.39 is 0 Å². The van der Waals surface area contributed by atoms with Gasteiger partial charge in [-0.3, -0.25) is 10.1 Å². The van der Waals surface area contributed by atoms with E-state index in [0.717, 1.165) is 39.0 Å². The summed E-state index contributed by atoms with van der Waals surface area (Å²) in [6.45, 7) is 14.9. The first-order valence-electron chi connectivity index (χ1n) is 8.37. The maximum atomic E-state index is 12.6. The smallest absolute Gasteiger partial charge is 0.241 e. The van der Waals surface area contributed by atoms with Crippen LogP contribution < -0.4 is 5.32 Å². The lowest BCUT2D eigenvalue weighted by Gasteiger charge is -2.27. The second-order valence-electron chi connectivity index (χ2n) is 5.92. The van der Waals surface area contributed by atoms with E-state index in [1.807, 2.05) is 0 Å². The summed E-state index contributed by atoms with van der Waals surface area (Å²) in [4.78, 5) is 17.1. The summed E-state index contributed by atoms with van der Waals surface area (Å²) in [5.41, 5.74) is 0. The quantitative estimate of drug-likeness (QED) is 0.705. The highest BCUT2D eigenvalue weighted by atomic mass is 16.2. The zero-order valence-corrected chi connectivity index (χ0v) is 14.0. The third kappa shape index (κ3) is 4.19. The Morgan fingerprint density at radius 2 is 1.95 bits per heavy atom. The molecule has 1 aliphatic heterocycles. The highest BCUT2D eigenvalue weighted by molar-refractivity contribution is 5.84. The highest BCUT2D eigenvalue weighted by Crippen LogP contribution is 2.20. The van der Waals surface area contributed by atoms with E-state index >= 15 is 0 Å². The van der Waals surface area contributed by atoms with Crippen molar-refractivity contribution >= 4 is 5.91 Å². The van der Waals surface area contributed by atoms with Gasteiger partial charge in [-0.25, -0.2) is 0 Å². The number of nitrogens with zero attached hydrogens (tertiary/aromatic N) is 2. The maximum Gasteiger partial charge on any atom is 0.241 e. The first-order chi connectivity index (χ1) is 9.58. The van der Waals surface area contributed by atoms with Gasteiger partial charge in [0.2, 0.25) is 5.91 Å². The van der Waals surface area contributed by atoms with Crippen LogP contribution in [-0.4, -0.2) is 54.1 Å². The Balaban J connectivity index is 2.60. The summed E-state index contributed by atoms with van der Waals surface area (Å²) < 4.78 is 0. The molecule has 3 unspecified atom stereocenters. The van der Waals surface area contributed by atoms with Crippen LogP contribution in [0.4, 0.5) is 0 Å². The van der Waals surface area contributed by atoms with Crippen molar-refractivity contribution in [3.05, 3.63) is 0 Å². The molecule has 0 radical (unpaired) electrons. The molecule has 0 saturated carbocycles. The molecule has 0 bridgehead atoms. The lowest BCUT2D eigenvalue weighted by Crippen LogP contribution is -2.42. The van der Waals surface area contributed by atoms with E-state index in [4.69, 9.17) is 0 Å². The predicted molar refractivity (Wildman–Crippen MR) is 84.6 cm³/mol. The SMILES string of the molecule is CCCN(CC)CCN1C(=O)C(C(C)CC)NC1CC. The molecule has 0 aromatic heterocycles. The van der Waals surface area contributed by atoms with Gasteiger partial charge in [0.05, 0.1) is 12.2 Å². The van der Waals surface area contributed by atoms with Gasteiger partial charge < -0.3 is 9.80 Å². The van der Waals surface area contributed by atoms with Gasteiger partial charge in [0, 0.05) is 13.1 Å². The van der Waals surface area contributed by atoms with Gasteiger partial charge in [0.25, 0.3) is 0 Å². The number of likely N-dealkylation sites (N-methyl/N-ethyl adjacent to an activating group) is 1. The molecule has 4 heteroatoms. The van der Waals surface area contributed by atoms with Crippen LogP contribution in [0, 0.1) is 5.92 Å². The number of amides is 1. The van der Waals surface area contributed by atoms with E-state index in [2.05, 4.69) is 49.7 Å². The number of carbonyl (C=O) groups is 1. The van der Waals surface area contributed by atoms with E-state index in [1.165, 1.54) is 6.42 Å². The summed E-state index contributed by atoms with van der Waals surface area (Å²) in [5, 5.41) is 3.52. The van der Waals surface area contributed by atoms with Crippen LogP contribution in [0.25, 0.3) is 0 Å². The number of carbonyl (C=O) groups excluding carboxylic acids is 1. The standard InChI is InChI=1S/C16H33N3O/c1-6-10-18(9-4)11-12-19-14(8-3)17-15(16(19)20)13(5)7-2/h13-15,17H,6-12H2,1-5H3. The summed E-state index contributed by atoms with van der Waals surface area (Å²) in [7, 11) is 0. The van der Waals surface area contributed by atoms with Crippen LogP contribution in [0.5, 0.6) is 0 Å². The molecule has 1 rings (SSSR count). The summed E-state index contributed by atoms with van der Waals surface area (Å²) >= 11 is 0. The molecule has 1 fully saturated rings. The minimum absolute atomic E-state index is 0.0196. The third-order valence-corrected chi connectivity index (χ3v) is 4.54. The zero-order chi connectivity index (χ0) is 15.1. The molecule has 0 aromatic carbocycles. The summed E-state index contributed by atoms with van der Waals surface area (Å²) in [5.74, 6) is 0.721. The van der Waals surface area contributed by atoms with E-state index in [9.17, 15) is 4.79 Å². The Morgan fingerprint density at radius 3 is 2.45 bits per heavy atom. The van der Waals surface area contributed by atoms with Gasteiger partial charge >= 0.3 is 0 Å². The number of nitrogens with one attached hydrogen (secondary N) is 1. The molecule has 1 saturated heterocycles. The Labute approximate surface area is 124 Å². The Hall–Kier alpha value is -0.610. The number of hydrogen-bond donors (Lipinski definition) is 1. The van der Waals surface area contributed by atoms with E-state index in [1.54, 1.807) is 0 Å². The fraction of sp³-hybridized carbons (Fsp3) is 0.938. The van der Waals surface area contributed by atoms with E-state index in [-0.39, 0.29) is 12.2 Å². The normalized spacial score (nSPS) is 24.7. The van der Waals surface area contributed by atoms with Crippen LogP contribution in [0.15, 0.2) is 0 Å². The maximum absolute atomic E-state index is 12.6. The van der Waals surface area contributed by atoms with Gasteiger partial charge in [-0.15, -0.1) is 0 Å². The van der Waals surface area contributed by atoms with Crippen LogP contribution >= 0.6 is 0 Å². The lowest BCUT2D eigenvalue weighted by atomic mass is 9.99. The number of rotatable bonds is 9. The minimum Gasteiger partial charge on any atom is -0.325 e. The van der Waals surface area contributed by atoms with Crippen molar-refractivity contribution in [1.82, 2.24) is 15.1 Å². The average Bonchev–Trinajstić information content (AvgIpc) is 2.79. The van der Waals surface area contributed by atoms with Gasteiger partial charge in [0.15, 0.2) is 0 Å². The summed E-state index contributed by atoms with van der Waals surface area (Å²) in [6.07, 6.45) is 3.43. The molecule has 20 heavy (non-hydrogen) atoms. The van der Waals surface area contributed by atoms with Crippen molar-refractivity contribution in [2.75, 3.05) is 26.2 Å². The van der Waals surface area contributed by atoms with Gasteiger partial charge in [-0.05, 0) is 31.8 Å². The molecule has 0 aromatic rings. The van der Waals surface area contributed by atoms with Gasteiger partial charge in [0.1, 0.15) is 0 Å². The first-order valence-corrected chi connectivity index (χ1v) is 8.37. The molecule has 1 N–H and O–H groups in total. The van der Waals surface area contributed by atoms with Gasteiger partial charge in [-0.2, -0.15) is 0 Å². The molecular weight excluding hydrogens is 250 g/mol. The van der Waals surface area contributed by atoms with Crippen molar-refractivity contribution in [1.29, 1.82) is 0 Å². The van der Waals surface area contributed by atoms with Crippen molar-refractivity contribution in [2.45, 2.75) is 66.1 Å². The van der Waals surface area contributed by atoms with E-state index in [0.29, 0.717) is 11.8 Å². The molecule has 118 valence electrons. The first kappa shape index (κ1) is 17.4. The van der Waals surface area contributed by atoms with Crippen LogP contribution in [0.2, 0.25) is 0 Å². The van der Waals surface area contributed by atoms with Crippen molar-refractivity contribution < 1.29 is 4.79 Å². The zero-order valence-electron chi connectivity index (χ0n) is 14.0. The minimum atomic E-state index is 0.0196. The second-order valence-corrected chi connectivity index (χ2v) is 5.92. The van der Waals surface area contributed by atoms with Crippen molar-refractivity contribution in [2.24, 2.45) is 5.92 Å². The van der Waals surface area contributed by atoms with Crippen molar-refractivity contribution in [3.63, 3.8) is 0 Å². The largest absolute Gasteiger partial charge is 0.325 e. The van der Waals surface area contributed by atoms with Crippen LogP contribution in [0.3, 0.4) is 0 Å². The third-order valence-electron chi connectivity index (χ3n) is 4.54. The summed E-state index contributed by atoms with van der Waals surface area (Å²) in [6, 6.07) is 0.0196. The lowest BCUT2D eigenvalue weighted by molar-refractivity contribution is -0.131. The average molecular weight is 283 g/mol. The highest BCUT2D eigenvalue weighted by Gasteiger charge is 2.39. The Kier molecular flexibility index (Phi) is 7.52. The molecular formula is C16H33N3O. The molecule has 1 aliphatic rings. The molecule has 0 aliphatic carbocycles. The topological polar surface area (TPSA) is 35.6 Å². The van der Waals surface area contributed by atoms with Crippen LogP contribution in [0.1, 0.15) is 53.9 Å². The van der Waals surface area contributed by atoms with Crippen molar-refractivity contribution in [3.8, 4) is 0 Å².